The van der Waals surface area contributed by atoms with Crippen molar-refractivity contribution in [2.24, 2.45) is 0 Å². The van der Waals surface area contributed by atoms with Crippen LogP contribution in [0.25, 0.3) is 16.7 Å². The number of nitrogens with two attached hydrogens (primary N) is 1. The molecule has 0 radical (unpaired) electrons. The van der Waals surface area contributed by atoms with Crippen molar-refractivity contribution in [3.63, 3.8) is 0 Å². The molecule has 3 rings (SSSR count). The summed E-state index contributed by atoms with van der Waals surface area (Å²) in [6.07, 6.45) is 0. The molecule has 0 aliphatic rings. The van der Waals surface area contributed by atoms with Crippen LogP contribution in [0.15, 0.2) is 36.4 Å². The molecule has 0 saturated carbocycles. The smallest absolute Gasteiger partial charge is 0.117 e. The molecule has 21 heavy (non-hydrogen) atoms. The fraction of sp³-hybridized carbons (Fsp3) is 0.235. The van der Waals surface area contributed by atoms with Crippen LogP contribution in [0, 0.1) is 6.92 Å². The Labute approximate surface area is 129 Å². The molecule has 0 bridgehead atoms. The number of benzene rings is 2. The first-order valence-corrected chi connectivity index (χ1v) is 7.40. The summed E-state index contributed by atoms with van der Waals surface area (Å²) >= 11 is 6.46. The van der Waals surface area contributed by atoms with Crippen molar-refractivity contribution >= 4 is 28.3 Å². The minimum atomic E-state index is 0.286. The van der Waals surface area contributed by atoms with Gasteiger partial charge in [-0.3, -0.25) is 4.57 Å². The fourth-order valence-electron chi connectivity index (χ4n) is 2.64. The van der Waals surface area contributed by atoms with Crippen LogP contribution in [0.5, 0.6) is 0 Å². The molecular formula is C17H18ClN3. The minimum absolute atomic E-state index is 0.286. The van der Waals surface area contributed by atoms with Crippen LogP contribution < -0.4 is 5.73 Å². The highest BCUT2D eigenvalue weighted by atomic mass is 35.5. The van der Waals surface area contributed by atoms with Gasteiger partial charge in [-0.25, -0.2) is 4.98 Å². The second-order valence-electron chi connectivity index (χ2n) is 5.61. The molecule has 0 fully saturated rings. The molecule has 3 aromatic rings. The quantitative estimate of drug-likeness (QED) is 0.697. The van der Waals surface area contributed by atoms with Crippen LogP contribution in [0.1, 0.15) is 31.2 Å². The van der Waals surface area contributed by atoms with Crippen molar-refractivity contribution in [1.29, 1.82) is 0 Å². The summed E-state index contributed by atoms with van der Waals surface area (Å²) in [6, 6.07) is 11.8. The molecular weight excluding hydrogens is 282 g/mol. The number of rotatable bonds is 2. The van der Waals surface area contributed by atoms with Crippen molar-refractivity contribution in [1.82, 2.24) is 9.55 Å². The number of hydrogen-bond donors (Lipinski definition) is 1. The maximum Gasteiger partial charge on any atom is 0.117 e. The molecule has 0 saturated heterocycles. The SMILES string of the molecule is Cc1cccc(Cl)c1-n1c(C(C)C)nc2cc(N)ccc21. The minimum Gasteiger partial charge on any atom is -0.399 e. The van der Waals surface area contributed by atoms with Crippen LogP contribution >= 0.6 is 11.6 Å². The first kappa shape index (κ1) is 14.0. The lowest BCUT2D eigenvalue weighted by Crippen LogP contribution is -2.05. The standard InChI is InChI=1S/C17H18ClN3/c1-10(2)17-20-14-9-12(19)7-8-15(14)21(17)16-11(3)5-4-6-13(16)18/h4-10H,19H2,1-3H3. The Morgan fingerprint density at radius 3 is 2.62 bits per heavy atom. The molecule has 0 unspecified atom stereocenters. The Balaban J connectivity index is 2.42. The first-order valence-electron chi connectivity index (χ1n) is 7.02. The lowest BCUT2D eigenvalue weighted by Gasteiger charge is -2.15. The van der Waals surface area contributed by atoms with Crippen molar-refractivity contribution < 1.29 is 0 Å². The van der Waals surface area contributed by atoms with E-state index in [0.29, 0.717) is 0 Å². The third-order valence-electron chi connectivity index (χ3n) is 3.63. The number of anilines is 1. The third kappa shape index (κ3) is 2.28. The molecule has 0 spiro atoms. The zero-order chi connectivity index (χ0) is 15.1. The molecule has 108 valence electrons. The summed E-state index contributed by atoms with van der Waals surface area (Å²) in [6.45, 7) is 6.33. The predicted molar refractivity (Wildman–Crippen MR) is 89.3 cm³/mol. The van der Waals surface area contributed by atoms with Gasteiger partial charge < -0.3 is 5.73 Å². The monoisotopic (exact) mass is 299 g/mol. The number of nitrogens with zero attached hydrogens (tertiary/aromatic N) is 2. The molecule has 1 heterocycles. The molecule has 4 heteroatoms. The van der Waals surface area contributed by atoms with Gasteiger partial charge in [0, 0.05) is 11.6 Å². The Hall–Kier alpha value is -2.00. The molecule has 2 aromatic carbocycles. The highest BCUT2D eigenvalue weighted by Gasteiger charge is 2.18. The number of imidazole rings is 1. The molecule has 0 aliphatic heterocycles. The molecule has 2 N–H and O–H groups in total. The number of fused-ring (bicyclic) bond motifs is 1. The fourth-order valence-corrected chi connectivity index (χ4v) is 2.95. The van der Waals surface area contributed by atoms with Gasteiger partial charge in [0.25, 0.3) is 0 Å². The maximum absolute atomic E-state index is 6.46. The van der Waals surface area contributed by atoms with Gasteiger partial charge in [-0.05, 0) is 36.8 Å². The molecule has 0 atom stereocenters. The van der Waals surface area contributed by atoms with Gasteiger partial charge in [-0.15, -0.1) is 0 Å². The normalized spacial score (nSPS) is 11.5. The van der Waals surface area contributed by atoms with Gasteiger partial charge in [-0.2, -0.15) is 0 Å². The number of nitrogen functional groups attached to an aromatic ring is 1. The van der Waals surface area contributed by atoms with Crippen LogP contribution in [-0.2, 0) is 0 Å². The lowest BCUT2D eigenvalue weighted by molar-refractivity contribution is 0.758. The molecule has 3 nitrogen and oxygen atoms in total. The van der Waals surface area contributed by atoms with Gasteiger partial charge in [-0.1, -0.05) is 37.6 Å². The zero-order valence-electron chi connectivity index (χ0n) is 12.4. The van der Waals surface area contributed by atoms with Crippen molar-refractivity contribution in [3.05, 3.63) is 52.8 Å². The average Bonchev–Trinajstić information content (AvgIpc) is 2.77. The van der Waals surface area contributed by atoms with E-state index in [2.05, 4.69) is 31.4 Å². The van der Waals surface area contributed by atoms with Crippen molar-refractivity contribution in [2.45, 2.75) is 26.7 Å². The van der Waals surface area contributed by atoms with E-state index in [1.807, 2.05) is 30.3 Å². The molecule has 0 amide bonds. The topological polar surface area (TPSA) is 43.8 Å². The Morgan fingerprint density at radius 1 is 1.19 bits per heavy atom. The second-order valence-corrected chi connectivity index (χ2v) is 6.02. The van der Waals surface area contributed by atoms with Crippen LogP contribution in [0.4, 0.5) is 5.69 Å². The maximum atomic E-state index is 6.46. The largest absolute Gasteiger partial charge is 0.399 e. The first-order chi connectivity index (χ1) is 9.99. The van der Waals surface area contributed by atoms with Crippen molar-refractivity contribution in [3.8, 4) is 5.69 Å². The van der Waals surface area contributed by atoms with E-state index < -0.39 is 0 Å². The van der Waals surface area contributed by atoms with E-state index >= 15 is 0 Å². The summed E-state index contributed by atoms with van der Waals surface area (Å²) in [4.78, 5) is 4.76. The lowest BCUT2D eigenvalue weighted by atomic mass is 10.1. The number of hydrogen-bond acceptors (Lipinski definition) is 2. The van der Waals surface area contributed by atoms with E-state index in [-0.39, 0.29) is 5.92 Å². The average molecular weight is 300 g/mol. The van der Waals surface area contributed by atoms with E-state index in [9.17, 15) is 0 Å². The highest BCUT2D eigenvalue weighted by Crippen LogP contribution is 2.32. The van der Waals surface area contributed by atoms with Gasteiger partial charge in [0.15, 0.2) is 0 Å². The summed E-state index contributed by atoms with van der Waals surface area (Å²) in [5, 5.41) is 0.730. The van der Waals surface area contributed by atoms with Gasteiger partial charge in [0.1, 0.15) is 5.82 Å². The van der Waals surface area contributed by atoms with E-state index in [1.165, 1.54) is 0 Å². The summed E-state index contributed by atoms with van der Waals surface area (Å²) in [7, 11) is 0. The number of para-hydroxylation sites is 1. The predicted octanol–water partition coefficient (Wildman–Crippen LogP) is 4.69. The Bertz CT molecular complexity index is 798. The van der Waals surface area contributed by atoms with E-state index in [1.54, 1.807) is 0 Å². The Morgan fingerprint density at radius 2 is 1.95 bits per heavy atom. The van der Waals surface area contributed by atoms with Crippen LogP contribution in [0.3, 0.4) is 0 Å². The second kappa shape index (κ2) is 5.08. The molecule has 0 aliphatic carbocycles. The van der Waals surface area contributed by atoms with Gasteiger partial charge in [0.2, 0.25) is 0 Å². The summed E-state index contributed by atoms with van der Waals surface area (Å²) < 4.78 is 2.15. The molecule has 1 aromatic heterocycles. The van der Waals surface area contributed by atoms with Crippen molar-refractivity contribution in [2.75, 3.05) is 5.73 Å². The Kier molecular flexibility index (Phi) is 3.38. The van der Waals surface area contributed by atoms with Crippen LogP contribution in [-0.4, -0.2) is 9.55 Å². The van der Waals surface area contributed by atoms with Gasteiger partial charge >= 0.3 is 0 Å². The highest BCUT2D eigenvalue weighted by molar-refractivity contribution is 6.32. The van der Waals surface area contributed by atoms with Gasteiger partial charge in [0.05, 0.1) is 21.7 Å². The van der Waals surface area contributed by atoms with E-state index in [0.717, 1.165) is 38.8 Å². The summed E-state index contributed by atoms with van der Waals surface area (Å²) in [5.74, 6) is 1.28. The number of aryl methyl sites for hydroxylation is 1. The van der Waals surface area contributed by atoms with Crippen LogP contribution in [0.2, 0.25) is 5.02 Å². The van der Waals surface area contributed by atoms with E-state index in [4.69, 9.17) is 22.3 Å². The third-order valence-corrected chi connectivity index (χ3v) is 3.94. The number of aromatic nitrogens is 2. The zero-order valence-corrected chi connectivity index (χ0v) is 13.1. The number of halogens is 1. The summed E-state index contributed by atoms with van der Waals surface area (Å²) in [5.41, 5.74) is 10.7.